The standard InChI is InChI=1S/C52H38O/c1-6-18-43-35(11-1)44(29-45-36-12-7-9-19-46(36)52(51(43)45)33-24-30-23-31(26-33)27-34(52)25-30)50-41-16-4-2-14-39(41)49(40-15-3-5-17-42(40)50)32-21-22-38-37-13-8-10-20-47(37)53-48(38)28-32/h1-22,28-31,33-34H,23-27H2. The SMILES string of the molecule is c1ccc2c(c1)-c1cc(-c3c4ccccc4c(-c4ccc5c(c4)oc4ccccc45)c4ccccc34)c3ccccc3c1C21C2CC3CC(C2)CC1C3. The Balaban J connectivity index is 1.12. The summed E-state index contributed by atoms with van der Waals surface area (Å²) in [5, 5.41) is 10.3. The Labute approximate surface area is 308 Å². The lowest BCUT2D eigenvalue weighted by molar-refractivity contribution is -0.0393. The van der Waals surface area contributed by atoms with Gasteiger partial charge in [-0.25, -0.2) is 0 Å². The first-order chi connectivity index (χ1) is 26.3. The van der Waals surface area contributed by atoms with Gasteiger partial charge in [0.2, 0.25) is 0 Å². The summed E-state index contributed by atoms with van der Waals surface area (Å²) in [6.07, 6.45) is 7.06. The molecule has 1 aromatic heterocycles. The molecule has 0 saturated heterocycles. The maximum atomic E-state index is 6.43. The number of furan rings is 1. The van der Waals surface area contributed by atoms with E-state index in [4.69, 9.17) is 4.42 Å². The van der Waals surface area contributed by atoms with Gasteiger partial charge in [-0.3, -0.25) is 0 Å². The first-order valence-corrected chi connectivity index (χ1v) is 19.8. The van der Waals surface area contributed by atoms with Crippen molar-refractivity contribution in [2.75, 3.05) is 0 Å². The summed E-state index contributed by atoms with van der Waals surface area (Å²) in [6.45, 7) is 0. The first kappa shape index (κ1) is 28.9. The minimum absolute atomic E-state index is 0.126. The second-order valence-corrected chi connectivity index (χ2v) is 16.8. The molecule has 53 heavy (non-hydrogen) atoms. The Morgan fingerprint density at radius 1 is 0.396 bits per heavy atom. The number of hydrogen-bond acceptors (Lipinski definition) is 1. The Bertz CT molecular complexity index is 2940. The van der Waals surface area contributed by atoms with Gasteiger partial charge in [0, 0.05) is 16.2 Å². The Morgan fingerprint density at radius 3 is 1.64 bits per heavy atom. The fourth-order valence-electron chi connectivity index (χ4n) is 12.8. The second kappa shape index (κ2) is 10.3. The molecule has 0 radical (unpaired) electrons. The summed E-state index contributed by atoms with van der Waals surface area (Å²) < 4.78 is 6.43. The molecule has 0 amide bonds. The monoisotopic (exact) mass is 678 g/mol. The van der Waals surface area contributed by atoms with Gasteiger partial charge < -0.3 is 4.42 Å². The average Bonchev–Trinajstić information content (AvgIpc) is 3.72. The fourth-order valence-corrected chi connectivity index (χ4v) is 12.8. The van der Waals surface area contributed by atoms with Crippen LogP contribution >= 0.6 is 0 Å². The van der Waals surface area contributed by atoms with Crippen LogP contribution in [0.2, 0.25) is 0 Å². The third-order valence-corrected chi connectivity index (χ3v) is 14.4. The van der Waals surface area contributed by atoms with Crippen LogP contribution in [0.25, 0.3) is 87.6 Å². The largest absolute Gasteiger partial charge is 0.456 e. The maximum Gasteiger partial charge on any atom is 0.136 e. The van der Waals surface area contributed by atoms with Gasteiger partial charge >= 0.3 is 0 Å². The summed E-state index contributed by atoms with van der Waals surface area (Å²) in [6, 6.07) is 55.1. The van der Waals surface area contributed by atoms with E-state index in [0.717, 1.165) is 40.2 Å². The molecule has 4 fully saturated rings. The molecule has 1 spiro atoms. The van der Waals surface area contributed by atoms with Crippen molar-refractivity contribution in [1.82, 2.24) is 0 Å². The second-order valence-electron chi connectivity index (χ2n) is 16.8. The van der Waals surface area contributed by atoms with E-state index in [-0.39, 0.29) is 5.41 Å². The summed E-state index contributed by atoms with van der Waals surface area (Å²) in [4.78, 5) is 0. The number of hydrogen-bond donors (Lipinski definition) is 0. The van der Waals surface area contributed by atoms with E-state index in [1.54, 1.807) is 11.1 Å². The molecule has 4 bridgehead atoms. The molecule has 9 aromatic rings. The van der Waals surface area contributed by atoms with Gasteiger partial charge in [0.05, 0.1) is 0 Å². The summed E-state index contributed by atoms with van der Waals surface area (Å²) >= 11 is 0. The van der Waals surface area contributed by atoms with E-state index in [0.29, 0.717) is 0 Å². The van der Waals surface area contributed by atoms with Crippen molar-refractivity contribution in [2.45, 2.75) is 37.5 Å². The predicted molar refractivity (Wildman–Crippen MR) is 220 cm³/mol. The lowest BCUT2D eigenvalue weighted by Gasteiger charge is -2.61. The molecule has 0 unspecified atom stereocenters. The molecule has 14 rings (SSSR count). The van der Waals surface area contributed by atoms with Crippen LogP contribution in [0, 0.1) is 23.7 Å². The molecule has 0 N–H and O–H groups in total. The van der Waals surface area contributed by atoms with E-state index in [9.17, 15) is 0 Å². The summed E-state index contributed by atoms with van der Waals surface area (Å²) in [5.41, 5.74) is 13.4. The van der Waals surface area contributed by atoms with Crippen LogP contribution in [-0.4, -0.2) is 0 Å². The van der Waals surface area contributed by atoms with Crippen molar-refractivity contribution < 1.29 is 4.42 Å². The Morgan fingerprint density at radius 2 is 0.943 bits per heavy atom. The molecule has 4 saturated carbocycles. The van der Waals surface area contributed by atoms with Crippen molar-refractivity contribution in [3.05, 3.63) is 157 Å². The van der Waals surface area contributed by atoms with Gasteiger partial charge in [-0.15, -0.1) is 0 Å². The van der Waals surface area contributed by atoms with Gasteiger partial charge in [0.15, 0.2) is 0 Å². The van der Waals surface area contributed by atoms with Crippen LogP contribution in [0.1, 0.15) is 43.2 Å². The van der Waals surface area contributed by atoms with Gasteiger partial charge in [-0.2, -0.15) is 0 Å². The quantitative estimate of drug-likeness (QED) is 0.166. The van der Waals surface area contributed by atoms with Gasteiger partial charge in [-0.1, -0.05) is 121 Å². The van der Waals surface area contributed by atoms with Crippen molar-refractivity contribution in [3.63, 3.8) is 0 Å². The van der Waals surface area contributed by atoms with Crippen molar-refractivity contribution >= 4 is 54.3 Å². The normalized spacial score (nSPS) is 23.9. The zero-order valence-corrected chi connectivity index (χ0v) is 29.6. The number of rotatable bonds is 2. The Kier molecular flexibility index (Phi) is 5.59. The van der Waals surface area contributed by atoms with Crippen LogP contribution in [0.3, 0.4) is 0 Å². The smallest absolute Gasteiger partial charge is 0.136 e. The zero-order valence-electron chi connectivity index (χ0n) is 29.6. The molecule has 1 heteroatoms. The predicted octanol–water partition coefficient (Wildman–Crippen LogP) is 14.1. The summed E-state index contributed by atoms with van der Waals surface area (Å²) in [5.74, 6) is 3.32. The lowest BCUT2D eigenvalue weighted by atomic mass is 9.43. The number of fused-ring (bicyclic) bond motifs is 10. The third-order valence-electron chi connectivity index (χ3n) is 14.4. The molecule has 5 aliphatic rings. The van der Waals surface area contributed by atoms with Crippen LogP contribution in [0.15, 0.2) is 150 Å². The highest BCUT2D eigenvalue weighted by Gasteiger charge is 2.62. The van der Waals surface area contributed by atoms with Crippen LogP contribution in [0.4, 0.5) is 0 Å². The molecule has 1 heterocycles. The van der Waals surface area contributed by atoms with E-state index < -0.39 is 0 Å². The minimum atomic E-state index is 0.126. The van der Waals surface area contributed by atoms with Crippen molar-refractivity contribution in [1.29, 1.82) is 0 Å². The zero-order chi connectivity index (χ0) is 34.4. The van der Waals surface area contributed by atoms with Crippen LogP contribution < -0.4 is 0 Å². The molecular formula is C52H38O. The molecule has 5 aliphatic carbocycles. The molecule has 252 valence electrons. The van der Waals surface area contributed by atoms with E-state index in [1.807, 2.05) is 0 Å². The van der Waals surface area contributed by atoms with Gasteiger partial charge in [0.25, 0.3) is 0 Å². The van der Waals surface area contributed by atoms with E-state index in [1.165, 1.54) is 103 Å². The number of para-hydroxylation sites is 1. The third kappa shape index (κ3) is 3.63. The highest BCUT2D eigenvalue weighted by molar-refractivity contribution is 6.25. The molecule has 0 atom stereocenters. The lowest BCUT2D eigenvalue weighted by Crippen LogP contribution is -2.55. The maximum absolute atomic E-state index is 6.43. The van der Waals surface area contributed by atoms with Crippen LogP contribution in [-0.2, 0) is 5.41 Å². The molecule has 8 aromatic carbocycles. The number of benzene rings is 8. The minimum Gasteiger partial charge on any atom is -0.456 e. The van der Waals surface area contributed by atoms with Crippen molar-refractivity contribution in [3.8, 4) is 33.4 Å². The van der Waals surface area contributed by atoms with Crippen LogP contribution in [0.5, 0.6) is 0 Å². The summed E-state index contributed by atoms with van der Waals surface area (Å²) in [7, 11) is 0. The van der Waals surface area contributed by atoms with Gasteiger partial charge in [-0.05, 0) is 157 Å². The topological polar surface area (TPSA) is 13.1 Å². The van der Waals surface area contributed by atoms with E-state index >= 15 is 0 Å². The molecular weight excluding hydrogens is 641 g/mol. The highest BCUT2D eigenvalue weighted by atomic mass is 16.3. The molecule has 1 nitrogen and oxygen atoms in total. The fraction of sp³-hybridized carbons (Fsp3) is 0.192. The van der Waals surface area contributed by atoms with Gasteiger partial charge in [0.1, 0.15) is 11.2 Å². The molecule has 0 aliphatic heterocycles. The van der Waals surface area contributed by atoms with E-state index in [2.05, 4.69) is 146 Å². The first-order valence-electron chi connectivity index (χ1n) is 19.8. The average molecular weight is 679 g/mol. The highest BCUT2D eigenvalue weighted by Crippen LogP contribution is 2.70. The Hall–Kier alpha value is -5.66. The van der Waals surface area contributed by atoms with Crippen molar-refractivity contribution in [2.24, 2.45) is 23.7 Å².